The Hall–Kier alpha value is -0.810. The number of aliphatic hydroxyl groups is 1. The van der Waals surface area contributed by atoms with Crippen LogP contribution in [0.3, 0.4) is 0 Å². The third-order valence-electron chi connectivity index (χ3n) is 4.03. The molecule has 0 saturated carbocycles. The van der Waals surface area contributed by atoms with E-state index in [2.05, 4.69) is 18.7 Å². The highest BCUT2D eigenvalue weighted by molar-refractivity contribution is 6.30. The highest BCUT2D eigenvalue weighted by atomic mass is 35.5. The van der Waals surface area contributed by atoms with Crippen LogP contribution in [-0.2, 0) is 4.74 Å². The maximum atomic E-state index is 10.1. The molecular weight excluding hydrogens is 314 g/mol. The third kappa shape index (κ3) is 7.08. The molecule has 0 amide bonds. The Kier molecular flexibility index (Phi) is 7.63. The first kappa shape index (κ1) is 18.5. The number of hydrogen-bond acceptors (Lipinski definition) is 4. The predicted molar refractivity (Wildman–Crippen MR) is 93.2 cm³/mol. The van der Waals surface area contributed by atoms with E-state index in [0.29, 0.717) is 43.2 Å². The molecule has 1 aliphatic heterocycles. The van der Waals surface area contributed by atoms with Gasteiger partial charge >= 0.3 is 0 Å². The van der Waals surface area contributed by atoms with E-state index in [-0.39, 0.29) is 0 Å². The van der Waals surface area contributed by atoms with Gasteiger partial charge in [-0.3, -0.25) is 0 Å². The van der Waals surface area contributed by atoms with Crippen LogP contribution in [0, 0.1) is 11.8 Å². The Morgan fingerprint density at radius 2 is 1.83 bits per heavy atom. The zero-order chi connectivity index (χ0) is 16.7. The van der Waals surface area contributed by atoms with Crippen LogP contribution < -0.4 is 4.74 Å². The normalized spacial score (nSPS) is 23.7. The number of hydrogen-bond donors (Lipinski definition) is 1. The molecule has 23 heavy (non-hydrogen) atoms. The van der Waals surface area contributed by atoms with E-state index in [9.17, 15) is 5.11 Å². The lowest BCUT2D eigenvalue weighted by Crippen LogP contribution is -2.43. The van der Waals surface area contributed by atoms with Crippen LogP contribution in [0.1, 0.15) is 20.3 Å². The Morgan fingerprint density at radius 1 is 1.17 bits per heavy atom. The lowest BCUT2D eigenvalue weighted by molar-refractivity contribution is -0.00211. The predicted octanol–water partition coefficient (Wildman–Crippen LogP) is 3.07. The van der Waals surface area contributed by atoms with Crippen LogP contribution in [0.2, 0.25) is 5.02 Å². The van der Waals surface area contributed by atoms with E-state index in [0.717, 1.165) is 18.8 Å². The van der Waals surface area contributed by atoms with Gasteiger partial charge in [-0.05, 0) is 42.5 Å². The minimum absolute atomic E-state index is 0.350. The third-order valence-corrected chi connectivity index (χ3v) is 4.29. The highest BCUT2D eigenvalue weighted by Crippen LogP contribution is 2.21. The fraction of sp³-hybridized carbons (Fsp3) is 0.667. The fourth-order valence-electron chi connectivity index (χ4n) is 3.26. The number of benzene rings is 1. The number of rotatable bonds is 8. The van der Waals surface area contributed by atoms with Crippen LogP contribution in [-0.4, -0.2) is 55.6 Å². The summed E-state index contributed by atoms with van der Waals surface area (Å²) in [6.07, 6.45) is 0.841. The molecule has 0 unspecified atom stereocenters. The van der Waals surface area contributed by atoms with Gasteiger partial charge in [-0.2, -0.15) is 0 Å². The molecule has 0 aliphatic carbocycles. The topological polar surface area (TPSA) is 41.9 Å². The molecular formula is C18H28ClNO3. The van der Waals surface area contributed by atoms with Crippen molar-refractivity contribution in [3.63, 3.8) is 0 Å². The number of β-amino-alcohol motifs (C(OH)–C–C–N with tert-alkyl or cyclic N) is 1. The van der Waals surface area contributed by atoms with Gasteiger partial charge < -0.3 is 19.5 Å². The second-order valence-electron chi connectivity index (χ2n) is 6.70. The first-order valence-electron chi connectivity index (χ1n) is 8.39. The molecule has 0 bridgehead atoms. The lowest BCUT2D eigenvalue weighted by atomic mass is 9.92. The number of piperidine rings is 1. The van der Waals surface area contributed by atoms with Crippen LogP contribution in [0.5, 0.6) is 5.75 Å². The van der Waals surface area contributed by atoms with E-state index in [1.165, 1.54) is 6.42 Å². The lowest BCUT2D eigenvalue weighted by Gasteiger charge is -2.35. The monoisotopic (exact) mass is 341 g/mol. The van der Waals surface area contributed by atoms with Crippen molar-refractivity contribution >= 4 is 11.6 Å². The van der Waals surface area contributed by atoms with E-state index in [1.807, 2.05) is 12.1 Å². The molecule has 1 N–H and O–H groups in total. The second kappa shape index (κ2) is 9.48. The van der Waals surface area contributed by atoms with Crippen molar-refractivity contribution in [2.24, 2.45) is 11.8 Å². The number of nitrogens with zero attached hydrogens (tertiary/aromatic N) is 1. The van der Waals surface area contributed by atoms with E-state index in [1.54, 1.807) is 12.1 Å². The van der Waals surface area contributed by atoms with Crippen molar-refractivity contribution in [1.82, 2.24) is 4.90 Å². The van der Waals surface area contributed by atoms with Gasteiger partial charge in [-0.25, -0.2) is 0 Å². The smallest absolute Gasteiger partial charge is 0.119 e. The fourth-order valence-corrected chi connectivity index (χ4v) is 3.39. The van der Waals surface area contributed by atoms with Crippen LogP contribution >= 0.6 is 11.6 Å². The number of likely N-dealkylation sites (tertiary alicyclic amines) is 1. The average molecular weight is 342 g/mol. The molecule has 4 nitrogen and oxygen atoms in total. The van der Waals surface area contributed by atoms with E-state index >= 15 is 0 Å². The van der Waals surface area contributed by atoms with E-state index < -0.39 is 6.10 Å². The summed E-state index contributed by atoms with van der Waals surface area (Å²) < 4.78 is 11.1. The minimum Gasteiger partial charge on any atom is -0.491 e. The molecule has 1 fully saturated rings. The Balaban J connectivity index is 1.56. The summed E-state index contributed by atoms with van der Waals surface area (Å²) in [7, 11) is 0. The maximum absolute atomic E-state index is 10.1. The second-order valence-corrected chi connectivity index (χ2v) is 7.13. The van der Waals surface area contributed by atoms with Crippen molar-refractivity contribution in [2.45, 2.75) is 26.4 Å². The Morgan fingerprint density at radius 3 is 2.48 bits per heavy atom. The highest BCUT2D eigenvalue weighted by Gasteiger charge is 2.23. The van der Waals surface area contributed by atoms with Crippen molar-refractivity contribution in [3.8, 4) is 5.75 Å². The van der Waals surface area contributed by atoms with Crippen LogP contribution in [0.15, 0.2) is 24.3 Å². The van der Waals surface area contributed by atoms with Crippen molar-refractivity contribution in [3.05, 3.63) is 29.3 Å². The first-order valence-corrected chi connectivity index (χ1v) is 8.77. The molecule has 0 radical (unpaired) electrons. The number of halogens is 1. The average Bonchev–Trinajstić information content (AvgIpc) is 2.47. The van der Waals surface area contributed by atoms with Gasteiger partial charge in [0.25, 0.3) is 0 Å². The largest absolute Gasteiger partial charge is 0.491 e. The zero-order valence-electron chi connectivity index (χ0n) is 14.1. The van der Waals surface area contributed by atoms with Crippen molar-refractivity contribution < 1.29 is 14.6 Å². The zero-order valence-corrected chi connectivity index (χ0v) is 14.8. The molecule has 3 atom stereocenters. The molecule has 130 valence electrons. The molecule has 0 aromatic heterocycles. The Bertz CT molecular complexity index is 444. The molecule has 1 aromatic carbocycles. The van der Waals surface area contributed by atoms with Crippen molar-refractivity contribution in [2.75, 3.05) is 39.5 Å². The van der Waals surface area contributed by atoms with E-state index in [4.69, 9.17) is 21.1 Å². The molecule has 0 spiro atoms. The van der Waals surface area contributed by atoms with Gasteiger partial charge in [-0.1, -0.05) is 25.4 Å². The summed E-state index contributed by atoms with van der Waals surface area (Å²) in [4.78, 5) is 2.34. The van der Waals surface area contributed by atoms with Gasteiger partial charge in [0, 0.05) is 24.7 Å². The van der Waals surface area contributed by atoms with Crippen molar-refractivity contribution in [1.29, 1.82) is 0 Å². The van der Waals surface area contributed by atoms with Gasteiger partial charge in [0.2, 0.25) is 0 Å². The molecule has 1 aliphatic rings. The van der Waals surface area contributed by atoms with Gasteiger partial charge in [-0.15, -0.1) is 0 Å². The molecule has 2 rings (SSSR count). The standard InChI is InChI=1S/C18H28ClNO3/c1-14-9-15(2)11-20(10-14)12-17(21)13-22-7-8-23-18-5-3-16(19)4-6-18/h3-6,14-15,17,21H,7-13H2,1-2H3/t14-,15-,17+/m1/s1. The molecule has 5 heteroatoms. The summed E-state index contributed by atoms with van der Waals surface area (Å²) >= 11 is 5.82. The molecule has 1 aromatic rings. The summed E-state index contributed by atoms with van der Waals surface area (Å²) in [5.41, 5.74) is 0. The number of ether oxygens (including phenoxy) is 2. The van der Waals surface area contributed by atoms with Gasteiger partial charge in [0.05, 0.1) is 19.3 Å². The van der Waals surface area contributed by atoms with Gasteiger partial charge in [0.15, 0.2) is 0 Å². The maximum Gasteiger partial charge on any atom is 0.119 e. The first-order chi connectivity index (χ1) is 11.0. The van der Waals surface area contributed by atoms with Gasteiger partial charge in [0.1, 0.15) is 12.4 Å². The number of aliphatic hydroxyl groups excluding tert-OH is 1. The SMILES string of the molecule is C[C@@H]1C[C@@H](C)CN(C[C@H](O)COCCOc2ccc(Cl)cc2)C1. The minimum atomic E-state index is -0.442. The molecule has 1 saturated heterocycles. The molecule has 1 heterocycles. The summed E-state index contributed by atoms with van der Waals surface area (Å²) in [6, 6.07) is 7.25. The Labute approximate surface area is 144 Å². The quantitative estimate of drug-likeness (QED) is 0.738. The van der Waals surface area contributed by atoms with Crippen LogP contribution in [0.4, 0.5) is 0 Å². The van der Waals surface area contributed by atoms with Crippen LogP contribution in [0.25, 0.3) is 0 Å². The summed E-state index contributed by atoms with van der Waals surface area (Å²) in [5, 5.41) is 10.8. The summed E-state index contributed by atoms with van der Waals surface area (Å²) in [5.74, 6) is 2.19. The summed E-state index contributed by atoms with van der Waals surface area (Å²) in [6.45, 7) is 8.66.